The number of hydrogen-bond acceptors (Lipinski definition) is 5. The van der Waals surface area contributed by atoms with Gasteiger partial charge in [0.05, 0.1) is 30.9 Å². The molecule has 7 heteroatoms. The van der Waals surface area contributed by atoms with Crippen LogP contribution in [0.25, 0.3) is 11.0 Å². The fourth-order valence-corrected chi connectivity index (χ4v) is 5.13. The molecule has 0 radical (unpaired) electrons. The Bertz CT molecular complexity index is 1260. The summed E-state index contributed by atoms with van der Waals surface area (Å²) in [5, 5.41) is 0.943. The summed E-state index contributed by atoms with van der Waals surface area (Å²) in [5.74, 6) is 1.75. The van der Waals surface area contributed by atoms with Gasteiger partial charge in [0, 0.05) is 30.6 Å². The van der Waals surface area contributed by atoms with E-state index in [0.29, 0.717) is 6.54 Å². The molecule has 4 aromatic rings. The summed E-state index contributed by atoms with van der Waals surface area (Å²) in [6.07, 6.45) is 5.85. The number of likely N-dealkylation sites (tertiary alicyclic amines) is 1. The number of benzene rings is 2. The molecule has 2 aromatic heterocycles. The highest BCUT2D eigenvalue weighted by Gasteiger charge is 2.19. The zero-order valence-electron chi connectivity index (χ0n) is 18.6. The number of aromatic nitrogens is 3. The highest BCUT2D eigenvalue weighted by Crippen LogP contribution is 2.28. The first-order valence-corrected chi connectivity index (χ1v) is 12.1. The molecule has 0 unspecified atom stereocenters. The summed E-state index contributed by atoms with van der Waals surface area (Å²) in [6.45, 7) is 2.43. The topological polar surface area (TPSA) is 60.2 Å². The SMILES string of the molecule is COc1cccc(Cn2c(SCc3ccc(C(=O)N4CCCC4)cc3)nc3ccncc32)c1. The second-order valence-corrected chi connectivity index (χ2v) is 9.12. The van der Waals surface area contributed by atoms with E-state index in [1.54, 1.807) is 25.1 Å². The fourth-order valence-electron chi connectivity index (χ4n) is 4.16. The number of nitrogens with zero attached hydrogens (tertiary/aromatic N) is 4. The quantitative estimate of drug-likeness (QED) is 0.364. The Labute approximate surface area is 197 Å². The summed E-state index contributed by atoms with van der Waals surface area (Å²) in [6, 6.07) is 18.0. The summed E-state index contributed by atoms with van der Waals surface area (Å²) in [5.41, 5.74) is 5.01. The van der Waals surface area contributed by atoms with Gasteiger partial charge in [0.1, 0.15) is 5.75 Å². The average Bonchev–Trinajstić information content (AvgIpc) is 3.52. The number of hydrogen-bond donors (Lipinski definition) is 0. The number of fused-ring (bicyclic) bond motifs is 1. The molecule has 1 aliphatic rings. The molecule has 6 nitrogen and oxygen atoms in total. The molecule has 0 bridgehead atoms. The molecule has 2 aromatic carbocycles. The molecule has 0 N–H and O–H groups in total. The van der Waals surface area contributed by atoms with E-state index >= 15 is 0 Å². The lowest BCUT2D eigenvalue weighted by molar-refractivity contribution is 0.0793. The van der Waals surface area contributed by atoms with Crippen LogP contribution in [-0.2, 0) is 12.3 Å². The minimum atomic E-state index is 0.138. The number of ether oxygens (including phenoxy) is 1. The fraction of sp³-hybridized carbons (Fsp3) is 0.269. The van der Waals surface area contributed by atoms with E-state index in [4.69, 9.17) is 9.72 Å². The average molecular weight is 459 g/mol. The van der Waals surface area contributed by atoms with Crippen molar-refractivity contribution in [2.24, 2.45) is 0 Å². The smallest absolute Gasteiger partial charge is 0.253 e. The minimum absolute atomic E-state index is 0.138. The standard InChI is InChI=1S/C26H26N4O2S/c1-32-22-6-4-5-20(15-22)17-30-24-16-27-12-11-23(24)28-26(30)33-18-19-7-9-21(10-8-19)25(31)29-13-2-3-14-29/h4-12,15-16H,2-3,13-14,17-18H2,1H3. The molecule has 168 valence electrons. The van der Waals surface area contributed by atoms with Gasteiger partial charge in [-0.15, -0.1) is 0 Å². The van der Waals surface area contributed by atoms with Crippen LogP contribution < -0.4 is 4.74 Å². The zero-order valence-corrected chi connectivity index (χ0v) is 19.4. The Morgan fingerprint density at radius 1 is 1.06 bits per heavy atom. The maximum absolute atomic E-state index is 12.6. The van der Waals surface area contributed by atoms with Crippen LogP contribution >= 0.6 is 11.8 Å². The first kappa shape index (κ1) is 21.5. The van der Waals surface area contributed by atoms with Crippen LogP contribution in [0.15, 0.2) is 72.1 Å². The normalized spacial score (nSPS) is 13.5. The van der Waals surface area contributed by atoms with Gasteiger partial charge in [0.15, 0.2) is 5.16 Å². The molecule has 5 rings (SSSR count). The lowest BCUT2D eigenvalue weighted by Gasteiger charge is -2.15. The Morgan fingerprint density at radius 3 is 2.67 bits per heavy atom. The lowest BCUT2D eigenvalue weighted by Crippen LogP contribution is -2.27. The predicted molar refractivity (Wildman–Crippen MR) is 131 cm³/mol. The molecule has 33 heavy (non-hydrogen) atoms. The van der Waals surface area contributed by atoms with E-state index in [0.717, 1.165) is 70.3 Å². The van der Waals surface area contributed by atoms with Crippen LogP contribution in [0.2, 0.25) is 0 Å². The van der Waals surface area contributed by atoms with Crippen molar-refractivity contribution in [1.82, 2.24) is 19.4 Å². The summed E-state index contributed by atoms with van der Waals surface area (Å²) in [4.78, 5) is 23.7. The van der Waals surface area contributed by atoms with Crippen LogP contribution in [0.1, 0.15) is 34.3 Å². The van der Waals surface area contributed by atoms with Crippen molar-refractivity contribution in [2.45, 2.75) is 30.3 Å². The van der Waals surface area contributed by atoms with Gasteiger partial charge in [-0.1, -0.05) is 36.0 Å². The van der Waals surface area contributed by atoms with Crippen LogP contribution in [0.5, 0.6) is 5.75 Å². The third-order valence-electron chi connectivity index (χ3n) is 5.95. The molecule has 0 atom stereocenters. The molecule has 1 amide bonds. The Morgan fingerprint density at radius 2 is 1.88 bits per heavy atom. The monoisotopic (exact) mass is 458 g/mol. The molecular weight excluding hydrogens is 432 g/mol. The molecule has 0 spiro atoms. The summed E-state index contributed by atoms with van der Waals surface area (Å²) < 4.78 is 7.59. The Hall–Kier alpha value is -3.32. The molecule has 0 aliphatic carbocycles. The van der Waals surface area contributed by atoms with Crippen LogP contribution in [-0.4, -0.2) is 45.5 Å². The third kappa shape index (κ3) is 4.73. The van der Waals surface area contributed by atoms with Crippen LogP contribution in [0.3, 0.4) is 0 Å². The Balaban J connectivity index is 1.34. The molecule has 3 heterocycles. The summed E-state index contributed by atoms with van der Waals surface area (Å²) >= 11 is 1.69. The molecule has 1 aliphatic heterocycles. The van der Waals surface area contributed by atoms with Gasteiger partial charge in [0.2, 0.25) is 0 Å². The van der Waals surface area contributed by atoms with Gasteiger partial charge < -0.3 is 14.2 Å². The second kappa shape index (κ2) is 9.67. The highest BCUT2D eigenvalue weighted by molar-refractivity contribution is 7.98. The van der Waals surface area contributed by atoms with Gasteiger partial charge in [-0.25, -0.2) is 4.98 Å². The van der Waals surface area contributed by atoms with Crippen molar-refractivity contribution < 1.29 is 9.53 Å². The first-order valence-electron chi connectivity index (χ1n) is 11.2. The van der Waals surface area contributed by atoms with E-state index in [-0.39, 0.29) is 5.91 Å². The number of imidazole rings is 1. The first-order chi connectivity index (χ1) is 16.2. The van der Waals surface area contributed by atoms with Crippen molar-refractivity contribution in [2.75, 3.05) is 20.2 Å². The number of methoxy groups -OCH3 is 1. The number of carbonyl (C=O) groups excluding carboxylic acids is 1. The number of carbonyl (C=O) groups is 1. The highest BCUT2D eigenvalue weighted by atomic mass is 32.2. The van der Waals surface area contributed by atoms with Crippen molar-refractivity contribution >= 4 is 28.7 Å². The largest absolute Gasteiger partial charge is 0.497 e. The molecule has 1 saturated heterocycles. The Kier molecular flexibility index (Phi) is 6.30. The van der Waals surface area contributed by atoms with Gasteiger partial charge in [-0.3, -0.25) is 9.78 Å². The second-order valence-electron chi connectivity index (χ2n) is 8.18. The molecule has 0 saturated carbocycles. The minimum Gasteiger partial charge on any atom is -0.497 e. The van der Waals surface area contributed by atoms with Crippen LogP contribution in [0.4, 0.5) is 0 Å². The van der Waals surface area contributed by atoms with E-state index < -0.39 is 0 Å². The van der Waals surface area contributed by atoms with E-state index in [1.807, 2.05) is 59.6 Å². The van der Waals surface area contributed by atoms with Crippen molar-refractivity contribution in [3.8, 4) is 5.75 Å². The van der Waals surface area contributed by atoms with Crippen molar-refractivity contribution in [3.05, 3.63) is 83.7 Å². The maximum atomic E-state index is 12.6. The van der Waals surface area contributed by atoms with E-state index in [2.05, 4.69) is 15.6 Å². The number of pyridine rings is 1. The van der Waals surface area contributed by atoms with Crippen molar-refractivity contribution in [1.29, 1.82) is 0 Å². The van der Waals surface area contributed by atoms with Gasteiger partial charge >= 0.3 is 0 Å². The predicted octanol–water partition coefficient (Wildman–Crippen LogP) is 5.02. The van der Waals surface area contributed by atoms with Gasteiger partial charge in [-0.2, -0.15) is 0 Å². The number of thioether (sulfide) groups is 1. The molecular formula is C26H26N4O2S. The summed E-state index contributed by atoms with van der Waals surface area (Å²) in [7, 11) is 1.68. The lowest BCUT2D eigenvalue weighted by atomic mass is 10.1. The number of rotatable bonds is 7. The van der Waals surface area contributed by atoms with Gasteiger partial charge in [-0.05, 0) is 54.3 Å². The third-order valence-corrected chi connectivity index (χ3v) is 7.00. The van der Waals surface area contributed by atoms with Crippen LogP contribution in [0, 0.1) is 0 Å². The zero-order chi connectivity index (χ0) is 22.6. The van der Waals surface area contributed by atoms with Crippen molar-refractivity contribution in [3.63, 3.8) is 0 Å². The van der Waals surface area contributed by atoms with E-state index in [9.17, 15) is 4.79 Å². The maximum Gasteiger partial charge on any atom is 0.253 e. The number of amides is 1. The molecule has 1 fully saturated rings. The van der Waals surface area contributed by atoms with Gasteiger partial charge in [0.25, 0.3) is 5.91 Å². The van der Waals surface area contributed by atoms with E-state index in [1.165, 1.54) is 0 Å².